The van der Waals surface area contributed by atoms with E-state index in [-0.39, 0.29) is 26.9 Å². The minimum Gasteiger partial charge on any atom is -0.284 e. The first-order chi connectivity index (χ1) is 16.5. The molecule has 0 N–H and O–H groups in total. The van der Waals surface area contributed by atoms with Gasteiger partial charge in [0.05, 0.1) is 5.52 Å². The minimum absolute atomic E-state index is 0.0665. The highest BCUT2D eigenvalue weighted by atomic mass is 32.2. The molecule has 0 saturated carbocycles. The van der Waals surface area contributed by atoms with Crippen LogP contribution in [0.15, 0.2) is 82.7 Å². The molecule has 5 rings (SSSR count). The summed E-state index contributed by atoms with van der Waals surface area (Å²) >= 11 is 1.01. The second kappa shape index (κ2) is 7.84. The van der Waals surface area contributed by atoms with E-state index in [1.807, 2.05) is 0 Å². The zero-order valence-corrected chi connectivity index (χ0v) is 18.8. The minimum atomic E-state index is -5.28. The number of pyridine rings is 1. The molecule has 1 aliphatic rings. The van der Waals surface area contributed by atoms with Crippen molar-refractivity contribution in [2.45, 2.75) is 34.5 Å². The smallest absolute Gasteiger partial charge is 0.284 e. The lowest BCUT2D eigenvalue weighted by Crippen LogP contribution is -2.46. The van der Waals surface area contributed by atoms with Crippen LogP contribution in [0.25, 0.3) is 10.9 Å². The fourth-order valence-electron chi connectivity index (χ4n) is 4.69. The lowest BCUT2D eigenvalue weighted by Gasteiger charge is -2.42. The Morgan fingerprint density at radius 1 is 0.886 bits per heavy atom. The van der Waals surface area contributed by atoms with Crippen LogP contribution in [0, 0.1) is 6.92 Å². The fourth-order valence-corrected chi connectivity index (χ4v) is 5.95. The first-order valence-electron chi connectivity index (χ1n) is 10.4. The van der Waals surface area contributed by atoms with E-state index in [1.54, 1.807) is 25.1 Å². The summed E-state index contributed by atoms with van der Waals surface area (Å²) in [5.74, 6) is -2.22. The average Bonchev–Trinajstić information content (AvgIpc) is 2.81. The highest BCUT2D eigenvalue weighted by Crippen LogP contribution is 2.60. The van der Waals surface area contributed by atoms with Crippen molar-refractivity contribution < 1.29 is 31.1 Å². The summed E-state index contributed by atoms with van der Waals surface area (Å²) in [6.45, 7) is 1.65. The van der Waals surface area contributed by atoms with Crippen LogP contribution in [-0.2, 0) is 5.41 Å². The van der Waals surface area contributed by atoms with Crippen LogP contribution in [0.1, 0.15) is 32.6 Å². The first kappa shape index (κ1) is 23.4. The summed E-state index contributed by atoms with van der Waals surface area (Å²) in [5.41, 5.74) is -3.92. The van der Waals surface area contributed by atoms with Crippen LogP contribution in [0.3, 0.4) is 0 Å². The van der Waals surface area contributed by atoms with E-state index >= 15 is 13.2 Å². The largest absolute Gasteiger partial charge is 0.454 e. The molecule has 1 aliphatic heterocycles. The number of ketones is 1. The van der Waals surface area contributed by atoms with Crippen molar-refractivity contribution in [1.29, 1.82) is 0 Å². The van der Waals surface area contributed by atoms with Gasteiger partial charge in [-0.3, -0.25) is 9.78 Å². The molecule has 3 aromatic carbocycles. The lowest BCUT2D eigenvalue weighted by molar-refractivity contribution is -0.167. The van der Waals surface area contributed by atoms with Gasteiger partial charge in [-0.1, -0.05) is 65.9 Å². The summed E-state index contributed by atoms with van der Waals surface area (Å²) in [4.78, 5) is 16.9. The number of Topliss-reactive ketones (excluding diaryl/α,β-unsaturated/α-hetero) is 1. The van der Waals surface area contributed by atoms with E-state index in [0.717, 1.165) is 17.8 Å². The van der Waals surface area contributed by atoms with Crippen molar-refractivity contribution in [3.05, 3.63) is 101 Å². The zero-order valence-electron chi connectivity index (χ0n) is 18.0. The van der Waals surface area contributed by atoms with E-state index in [9.17, 15) is 18.0 Å². The van der Waals surface area contributed by atoms with Crippen LogP contribution in [0.5, 0.6) is 0 Å². The molecule has 1 aromatic heterocycles. The molecular weight excluding hydrogens is 488 g/mol. The van der Waals surface area contributed by atoms with Crippen LogP contribution in [0.2, 0.25) is 0 Å². The number of aryl methyl sites for hydroxylation is 1. The number of hydrogen-bond donors (Lipinski definition) is 0. The third-order valence-electron chi connectivity index (χ3n) is 6.14. The summed E-state index contributed by atoms with van der Waals surface area (Å²) in [6, 6.07) is 15.1. The molecule has 0 fully saturated rings. The number of hydrogen-bond acceptors (Lipinski definition) is 3. The lowest BCUT2D eigenvalue weighted by atomic mass is 9.67. The number of fused-ring (bicyclic) bond motifs is 4. The average molecular weight is 503 g/mol. The van der Waals surface area contributed by atoms with Crippen molar-refractivity contribution in [2.75, 3.05) is 0 Å². The maximum atomic E-state index is 15.4. The molecule has 0 radical (unpaired) electrons. The van der Waals surface area contributed by atoms with Crippen molar-refractivity contribution in [3.63, 3.8) is 0 Å². The van der Waals surface area contributed by atoms with Gasteiger partial charge in [0.1, 0.15) is 5.41 Å². The number of nitrogens with zero attached hydrogens (tertiary/aromatic N) is 1. The van der Waals surface area contributed by atoms with E-state index in [1.165, 1.54) is 48.7 Å². The molecular formula is C26H15F6NOS. The quantitative estimate of drug-likeness (QED) is 0.208. The van der Waals surface area contributed by atoms with Crippen molar-refractivity contribution >= 4 is 28.4 Å². The second-order valence-corrected chi connectivity index (χ2v) is 9.29. The topological polar surface area (TPSA) is 30.0 Å². The molecule has 0 spiro atoms. The van der Waals surface area contributed by atoms with Gasteiger partial charge in [-0.05, 0) is 41.8 Å². The number of alkyl halides is 6. The molecule has 1 atom stereocenters. The molecule has 4 aromatic rings. The van der Waals surface area contributed by atoms with Crippen molar-refractivity contribution in [1.82, 2.24) is 4.98 Å². The van der Waals surface area contributed by atoms with Gasteiger partial charge in [-0.15, -0.1) is 0 Å². The van der Waals surface area contributed by atoms with E-state index in [2.05, 4.69) is 4.98 Å². The van der Waals surface area contributed by atoms with Crippen LogP contribution in [-0.4, -0.2) is 23.1 Å². The summed E-state index contributed by atoms with van der Waals surface area (Å²) in [6.07, 6.45) is -8.96. The highest BCUT2D eigenvalue weighted by Gasteiger charge is 2.62. The standard InChI is InChI=1S/C26H15F6NOS/c1-14-9-10-20-18(12-14)24(26(30,31)32,15-6-3-2-4-7-15)19-13-17(23(34)25(27,28)29)16-8-5-11-33-21(16)22(19)35-20/h2-13H,1H3. The van der Waals surface area contributed by atoms with Gasteiger partial charge in [-0.2, -0.15) is 26.3 Å². The molecule has 0 bridgehead atoms. The Labute approximate surface area is 200 Å². The summed E-state index contributed by atoms with van der Waals surface area (Å²) < 4.78 is 86.8. The van der Waals surface area contributed by atoms with Gasteiger partial charge in [0.15, 0.2) is 0 Å². The van der Waals surface area contributed by atoms with Gasteiger partial charge < -0.3 is 0 Å². The summed E-state index contributed by atoms with van der Waals surface area (Å²) in [5, 5.41) is -0.152. The Balaban J connectivity index is 2.02. The molecule has 0 aliphatic carbocycles. The third-order valence-corrected chi connectivity index (χ3v) is 7.33. The molecule has 35 heavy (non-hydrogen) atoms. The van der Waals surface area contributed by atoms with Gasteiger partial charge in [0.25, 0.3) is 5.78 Å². The van der Waals surface area contributed by atoms with Gasteiger partial charge in [0.2, 0.25) is 0 Å². The van der Waals surface area contributed by atoms with E-state index < -0.39 is 34.7 Å². The zero-order chi connectivity index (χ0) is 25.2. The Kier molecular flexibility index (Phi) is 5.25. The molecule has 2 nitrogen and oxygen atoms in total. The number of carbonyl (C=O) groups excluding carboxylic acids is 1. The van der Waals surface area contributed by atoms with Gasteiger partial charge >= 0.3 is 12.4 Å². The molecule has 9 heteroatoms. The SMILES string of the molecule is Cc1ccc2c(c1)C(c1ccccc1)(C(F)(F)F)c1cc(C(=O)C(F)(F)F)c3cccnc3c1S2. The Hall–Kier alpha value is -3.33. The molecule has 0 saturated heterocycles. The van der Waals surface area contributed by atoms with Gasteiger partial charge in [-0.25, -0.2) is 0 Å². The molecule has 1 unspecified atom stereocenters. The van der Waals surface area contributed by atoms with Crippen LogP contribution >= 0.6 is 11.8 Å². The predicted molar refractivity (Wildman–Crippen MR) is 120 cm³/mol. The molecule has 0 amide bonds. The Morgan fingerprint density at radius 2 is 1.60 bits per heavy atom. The third kappa shape index (κ3) is 3.43. The maximum Gasteiger partial charge on any atom is 0.454 e. The van der Waals surface area contributed by atoms with Crippen LogP contribution < -0.4 is 0 Å². The second-order valence-electron chi connectivity index (χ2n) is 8.24. The van der Waals surface area contributed by atoms with Crippen molar-refractivity contribution in [2.24, 2.45) is 0 Å². The monoisotopic (exact) mass is 503 g/mol. The molecule has 178 valence electrons. The number of benzene rings is 3. The Bertz CT molecular complexity index is 1480. The highest BCUT2D eigenvalue weighted by molar-refractivity contribution is 7.99. The Morgan fingerprint density at radius 3 is 2.26 bits per heavy atom. The maximum absolute atomic E-state index is 15.4. The number of carbonyl (C=O) groups is 1. The van der Waals surface area contributed by atoms with Crippen molar-refractivity contribution in [3.8, 4) is 0 Å². The number of aromatic nitrogens is 1. The first-order valence-corrected chi connectivity index (χ1v) is 11.2. The fraction of sp³-hybridized carbons (Fsp3) is 0.154. The normalized spacial score (nSPS) is 17.7. The predicted octanol–water partition coefficient (Wildman–Crippen LogP) is 7.65. The van der Waals surface area contributed by atoms with E-state index in [4.69, 9.17) is 0 Å². The molecule has 2 heterocycles. The number of rotatable bonds is 2. The van der Waals surface area contributed by atoms with Gasteiger partial charge in [0, 0.05) is 26.9 Å². The van der Waals surface area contributed by atoms with E-state index in [0.29, 0.717) is 10.5 Å². The number of halogens is 6. The van der Waals surface area contributed by atoms with Crippen LogP contribution in [0.4, 0.5) is 26.3 Å². The summed E-state index contributed by atoms with van der Waals surface area (Å²) in [7, 11) is 0.